The van der Waals surface area contributed by atoms with E-state index in [1.165, 1.54) is 5.56 Å². The summed E-state index contributed by atoms with van der Waals surface area (Å²) >= 11 is 0. The van der Waals surface area contributed by atoms with E-state index in [9.17, 15) is 4.79 Å². The van der Waals surface area contributed by atoms with Crippen molar-refractivity contribution in [3.05, 3.63) is 29.8 Å². The lowest BCUT2D eigenvalue weighted by molar-refractivity contribution is -0.127. The molecule has 0 heterocycles. The van der Waals surface area contributed by atoms with Crippen molar-refractivity contribution in [1.29, 1.82) is 0 Å². The Hall–Kier alpha value is -1.35. The fourth-order valence-corrected chi connectivity index (χ4v) is 2.73. The van der Waals surface area contributed by atoms with Gasteiger partial charge in [0.1, 0.15) is 0 Å². The van der Waals surface area contributed by atoms with Gasteiger partial charge in [0.15, 0.2) is 0 Å². The topological polar surface area (TPSA) is 46.3 Å². The summed E-state index contributed by atoms with van der Waals surface area (Å²) in [5.41, 5.74) is 7.84. The number of rotatable bonds is 2. The predicted octanol–water partition coefficient (Wildman–Crippen LogP) is 2.48. The zero-order valence-electron chi connectivity index (χ0n) is 11.4. The molecule has 0 aromatic heterocycles. The lowest BCUT2D eigenvalue weighted by atomic mass is 9.83. The van der Waals surface area contributed by atoms with Crippen LogP contribution in [0.1, 0.15) is 31.7 Å². The van der Waals surface area contributed by atoms with E-state index in [0.29, 0.717) is 0 Å². The highest BCUT2D eigenvalue weighted by Gasteiger charge is 2.44. The van der Waals surface area contributed by atoms with Gasteiger partial charge in [0.2, 0.25) is 5.91 Å². The highest BCUT2D eigenvalue weighted by Crippen LogP contribution is 2.38. The number of aryl methyl sites for hydroxylation is 1. The van der Waals surface area contributed by atoms with E-state index in [-0.39, 0.29) is 11.9 Å². The van der Waals surface area contributed by atoms with E-state index in [0.717, 1.165) is 24.9 Å². The summed E-state index contributed by atoms with van der Waals surface area (Å²) in [6.07, 6.45) is 2.89. The first-order chi connectivity index (χ1) is 8.45. The molecule has 1 fully saturated rings. The van der Waals surface area contributed by atoms with E-state index in [1.54, 1.807) is 4.90 Å². The molecule has 2 rings (SSSR count). The van der Waals surface area contributed by atoms with Crippen LogP contribution >= 0.6 is 0 Å². The number of anilines is 1. The molecule has 1 aliphatic rings. The van der Waals surface area contributed by atoms with Gasteiger partial charge in [0, 0.05) is 18.8 Å². The molecule has 2 N–H and O–H groups in total. The van der Waals surface area contributed by atoms with Crippen molar-refractivity contribution in [3.63, 3.8) is 0 Å². The van der Waals surface area contributed by atoms with Crippen molar-refractivity contribution in [2.75, 3.05) is 11.9 Å². The Labute approximate surface area is 109 Å². The molecule has 0 saturated heterocycles. The fraction of sp³-hybridized carbons (Fsp3) is 0.533. The number of hydrogen-bond acceptors (Lipinski definition) is 2. The van der Waals surface area contributed by atoms with Crippen LogP contribution in [0.25, 0.3) is 0 Å². The second kappa shape index (κ2) is 4.73. The summed E-state index contributed by atoms with van der Waals surface area (Å²) in [4.78, 5) is 14.3. The van der Waals surface area contributed by atoms with Crippen molar-refractivity contribution in [3.8, 4) is 0 Å². The first kappa shape index (κ1) is 13.1. The molecule has 2 unspecified atom stereocenters. The first-order valence-corrected chi connectivity index (χ1v) is 6.55. The lowest BCUT2D eigenvalue weighted by Crippen LogP contribution is -2.48. The smallest absolute Gasteiger partial charge is 0.234 e. The van der Waals surface area contributed by atoms with Gasteiger partial charge in [-0.15, -0.1) is 0 Å². The Bertz CT molecular complexity index is 440. The van der Waals surface area contributed by atoms with E-state index < -0.39 is 5.41 Å². The summed E-state index contributed by atoms with van der Waals surface area (Å²) in [5.74, 6) is 0.136. The maximum absolute atomic E-state index is 12.6. The minimum absolute atomic E-state index is 0.0158. The highest BCUT2D eigenvalue weighted by molar-refractivity contribution is 5.97. The molecule has 0 bridgehead atoms. The average molecular weight is 246 g/mol. The van der Waals surface area contributed by atoms with Crippen LogP contribution in [0.2, 0.25) is 0 Å². The van der Waals surface area contributed by atoms with Gasteiger partial charge in [0.05, 0.1) is 5.41 Å². The number of amides is 1. The number of nitrogens with zero attached hydrogens (tertiary/aromatic N) is 1. The predicted molar refractivity (Wildman–Crippen MR) is 74.5 cm³/mol. The summed E-state index contributed by atoms with van der Waals surface area (Å²) < 4.78 is 0. The Balaban J connectivity index is 2.21. The molecular weight excluding hydrogens is 224 g/mol. The van der Waals surface area contributed by atoms with Gasteiger partial charge in [-0.25, -0.2) is 0 Å². The summed E-state index contributed by atoms with van der Waals surface area (Å²) in [7, 11) is 1.84. The third kappa shape index (κ3) is 2.15. The molecular formula is C15H22N2O. The van der Waals surface area contributed by atoms with Gasteiger partial charge in [-0.1, -0.05) is 24.1 Å². The van der Waals surface area contributed by atoms with Crippen molar-refractivity contribution in [1.82, 2.24) is 0 Å². The molecule has 3 nitrogen and oxygen atoms in total. The van der Waals surface area contributed by atoms with E-state index >= 15 is 0 Å². The number of benzene rings is 1. The van der Waals surface area contributed by atoms with Gasteiger partial charge in [-0.3, -0.25) is 4.79 Å². The van der Waals surface area contributed by atoms with Crippen LogP contribution in [-0.4, -0.2) is 19.0 Å². The molecule has 1 saturated carbocycles. The molecule has 1 aromatic rings. The summed E-state index contributed by atoms with van der Waals surface area (Å²) in [6.45, 7) is 4.04. The average Bonchev–Trinajstić information content (AvgIpc) is 2.70. The molecule has 0 radical (unpaired) electrons. The number of carbonyl (C=O) groups excluding carboxylic acids is 1. The quantitative estimate of drug-likeness (QED) is 0.871. The zero-order chi connectivity index (χ0) is 13.3. The van der Waals surface area contributed by atoms with Crippen LogP contribution in [-0.2, 0) is 4.79 Å². The number of nitrogens with two attached hydrogens (primary N) is 1. The minimum Gasteiger partial charge on any atom is -0.327 e. The van der Waals surface area contributed by atoms with Crippen LogP contribution in [0.3, 0.4) is 0 Å². The number of hydrogen-bond donors (Lipinski definition) is 1. The van der Waals surface area contributed by atoms with Crippen molar-refractivity contribution in [2.45, 2.75) is 39.2 Å². The monoisotopic (exact) mass is 246 g/mol. The molecule has 1 aliphatic carbocycles. The van der Waals surface area contributed by atoms with Crippen LogP contribution in [0.15, 0.2) is 24.3 Å². The lowest BCUT2D eigenvalue weighted by Gasteiger charge is -2.32. The maximum Gasteiger partial charge on any atom is 0.234 e. The molecule has 98 valence electrons. The molecule has 0 spiro atoms. The molecule has 1 amide bonds. The van der Waals surface area contributed by atoms with Crippen LogP contribution < -0.4 is 10.6 Å². The SMILES string of the molecule is Cc1ccc(N(C)C(=O)C2(C)CCCC2N)cc1. The molecule has 3 heteroatoms. The van der Waals surface area contributed by atoms with Crippen molar-refractivity contribution < 1.29 is 4.79 Å². The Kier molecular flexibility index (Phi) is 3.44. The summed E-state index contributed by atoms with van der Waals surface area (Å²) in [6, 6.07) is 8.00. The highest BCUT2D eigenvalue weighted by atomic mass is 16.2. The first-order valence-electron chi connectivity index (χ1n) is 6.55. The Morgan fingerprint density at radius 3 is 2.50 bits per heavy atom. The largest absolute Gasteiger partial charge is 0.327 e. The van der Waals surface area contributed by atoms with Gasteiger partial charge >= 0.3 is 0 Å². The van der Waals surface area contributed by atoms with Crippen molar-refractivity contribution in [2.24, 2.45) is 11.1 Å². The van der Waals surface area contributed by atoms with E-state index in [2.05, 4.69) is 0 Å². The van der Waals surface area contributed by atoms with Gasteiger partial charge in [-0.2, -0.15) is 0 Å². The van der Waals surface area contributed by atoms with Gasteiger partial charge in [0.25, 0.3) is 0 Å². The summed E-state index contributed by atoms with van der Waals surface area (Å²) in [5, 5.41) is 0. The van der Waals surface area contributed by atoms with E-state index in [4.69, 9.17) is 5.73 Å². The Morgan fingerprint density at radius 1 is 1.39 bits per heavy atom. The molecule has 0 aliphatic heterocycles. The third-order valence-electron chi connectivity index (χ3n) is 4.24. The standard InChI is InChI=1S/C15H22N2O/c1-11-6-8-12(9-7-11)17(3)14(18)15(2)10-4-5-13(15)16/h6-9,13H,4-5,10,16H2,1-3H3. The van der Waals surface area contributed by atoms with Crippen LogP contribution in [0.4, 0.5) is 5.69 Å². The van der Waals surface area contributed by atoms with Crippen LogP contribution in [0, 0.1) is 12.3 Å². The van der Waals surface area contributed by atoms with Gasteiger partial charge < -0.3 is 10.6 Å². The molecule has 1 aromatic carbocycles. The second-order valence-electron chi connectivity index (χ2n) is 5.62. The zero-order valence-corrected chi connectivity index (χ0v) is 11.4. The third-order valence-corrected chi connectivity index (χ3v) is 4.24. The molecule has 2 atom stereocenters. The van der Waals surface area contributed by atoms with Crippen LogP contribution in [0.5, 0.6) is 0 Å². The maximum atomic E-state index is 12.6. The minimum atomic E-state index is -0.403. The normalized spacial score (nSPS) is 27.2. The van der Waals surface area contributed by atoms with Gasteiger partial charge in [-0.05, 0) is 38.8 Å². The van der Waals surface area contributed by atoms with E-state index in [1.807, 2.05) is 45.2 Å². The fourth-order valence-electron chi connectivity index (χ4n) is 2.73. The number of carbonyl (C=O) groups is 1. The molecule has 18 heavy (non-hydrogen) atoms. The second-order valence-corrected chi connectivity index (χ2v) is 5.62. The Morgan fingerprint density at radius 2 is 2.00 bits per heavy atom. The van der Waals surface area contributed by atoms with Crippen molar-refractivity contribution >= 4 is 11.6 Å².